The average Bonchev–Trinajstić information content (AvgIpc) is 3.08. The van der Waals surface area contributed by atoms with E-state index in [0.717, 1.165) is 56.8 Å². The van der Waals surface area contributed by atoms with Gasteiger partial charge in [0.25, 0.3) is 0 Å². The Balaban J connectivity index is 1.42. The molecule has 0 amide bonds. The number of aryl methyl sites for hydroxylation is 2. The maximum absolute atomic E-state index is 6.02. The topological polar surface area (TPSA) is 24.9 Å². The highest BCUT2D eigenvalue weighted by atomic mass is 16.5. The molecule has 0 heterocycles. The Kier molecular flexibility index (Phi) is 8.33. The molecule has 0 N–H and O–H groups in total. The summed E-state index contributed by atoms with van der Waals surface area (Å²) in [6, 6.07) is 50.6. The molecule has 0 saturated heterocycles. The predicted octanol–water partition coefficient (Wildman–Crippen LogP) is 10.9. The highest BCUT2D eigenvalue weighted by Gasteiger charge is 2.20. The van der Waals surface area contributed by atoms with Crippen molar-refractivity contribution in [1.29, 1.82) is 0 Å². The number of para-hydroxylation sites is 2. The van der Waals surface area contributed by atoms with Crippen LogP contribution < -0.4 is 19.3 Å². The molecule has 4 heteroatoms. The Morgan fingerprint density at radius 3 is 1.07 bits per heavy atom. The number of rotatable bonds is 9. The van der Waals surface area contributed by atoms with E-state index in [-0.39, 0.29) is 0 Å². The van der Waals surface area contributed by atoms with Crippen molar-refractivity contribution in [1.82, 2.24) is 0 Å². The zero-order valence-corrected chi connectivity index (χ0v) is 25.6. The summed E-state index contributed by atoms with van der Waals surface area (Å²) in [5.41, 5.74) is 10.7. The van der Waals surface area contributed by atoms with Crippen LogP contribution in [0.4, 0.5) is 34.1 Å². The summed E-state index contributed by atoms with van der Waals surface area (Å²) >= 11 is 0. The van der Waals surface area contributed by atoms with Crippen molar-refractivity contribution >= 4 is 34.1 Å². The van der Waals surface area contributed by atoms with Crippen molar-refractivity contribution in [3.8, 4) is 22.6 Å². The van der Waals surface area contributed by atoms with Gasteiger partial charge < -0.3 is 19.3 Å². The first kappa shape index (κ1) is 28.6. The van der Waals surface area contributed by atoms with E-state index in [9.17, 15) is 0 Å². The fourth-order valence-corrected chi connectivity index (χ4v) is 5.48. The molecular formula is C40H36N2O2. The molecule has 4 nitrogen and oxygen atoms in total. The van der Waals surface area contributed by atoms with E-state index in [2.05, 4.69) is 157 Å². The van der Waals surface area contributed by atoms with E-state index in [1.165, 1.54) is 11.1 Å². The molecule has 0 aliphatic carbocycles. The van der Waals surface area contributed by atoms with Crippen molar-refractivity contribution < 1.29 is 9.47 Å². The molecule has 0 saturated carbocycles. The zero-order valence-electron chi connectivity index (χ0n) is 25.6. The highest BCUT2D eigenvalue weighted by Crippen LogP contribution is 2.45. The van der Waals surface area contributed by atoms with E-state index in [1.807, 2.05) is 12.1 Å². The van der Waals surface area contributed by atoms with Gasteiger partial charge in [-0.1, -0.05) is 83.9 Å². The van der Waals surface area contributed by atoms with Gasteiger partial charge in [-0.2, -0.15) is 0 Å². The summed E-state index contributed by atoms with van der Waals surface area (Å²) in [7, 11) is 3.45. The normalized spacial score (nSPS) is 10.7. The number of hydrogen-bond donors (Lipinski definition) is 0. The summed E-state index contributed by atoms with van der Waals surface area (Å²) in [4.78, 5) is 4.45. The maximum Gasteiger partial charge on any atom is 0.143 e. The standard InChI is InChI=1S/C40H36N2O2/c1-29-15-21-35(22-16-29)41(33-11-7-5-8-12-33)37-25-19-31(27-39(37)43-3)32-20-26-38(40(28-32)44-4)42(34-13-9-6-10-14-34)36-23-17-30(2)18-24-36/h5-28H,1-4H3. The molecule has 0 fully saturated rings. The summed E-state index contributed by atoms with van der Waals surface area (Å²) in [6.07, 6.45) is 0. The van der Waals surface area contributed by atoms with Crippen LogP contribution in [0.5, 0.6) is 11.5 Å². The van der Waals surface area contributed by atoms with Crippen molar-refractivity contribution in [2.24, 2.45) is 0 Å². The second kappa shape index (κ2) is 12.8. The van der Waals surface area contributed by atoms with Crippen molar-refractivity contribution in [3.63, 3.8) is 0 Å². The molecule has 0 atom stereocenters. The van der Waals surface area contributed by atoms with Gasteiger partial charge in [0.05, 0.1) is 25.6 Å². The van der Waals surface area contributed by atoms with Crippen LogP contribution in [-0.2, 0) is 0 Å². The van der Waals surface area contributed by atoms with Gasteiger partial charge >= 0.3 is 0 Å². The lowest BCUT2D eigenvalue weighted by atomic mass is 10.0. The number of benzene rings is 6. The number of ether oxygens (including phenoxy) is 2. The third-order valence-corrected chi connectivity index (χ3v) is 7.79. The third kappa shape index (κ3) is 5.88. The smallest absolute Gasteiger partial charge is 0.143 e. The van der Waals surface area contributed by atoms with Crippen molar-refractivity contribution in [2.75, 3.05) is 24.0 Å². The number of nitrogens with zero attached hydrogens (tertiary/aromatic N) is 2. The van der Waals surface area contributed by atoms with Gasteiger partial charge in [0, 0.05) is 22.7 Å². The van der Waals surface area contributed by atoms with Crippen molar-refractivity contribution in [3.05, 3.63) is 157 Å². The number of hydrogen-bond acceptors (Lipinski definition) is 4. The third-order valence-electron chi connectivity index (χ3n) is 7.79. The van der Waals surface area contributed by atoms with Gasteiger partial charge in [0.1, 0.15) is 11.5 Å². The molecular weight excluding hydrogens is 540 g/mol. The van der Waals surface area contributed by atoms with Crippen LogP contribution in [0.25, 0.3) is 11.1 Å². The number of methoxy groups -OCH3 is 2. The van der Waals surface area contributed by atoms with E-state index in [1.54, 1.807) is 14.2 Å². The van der Waals surface area contributed by atoms with Gasteiger partial charge in [0.15, 0.2) is 0 Å². The van der Waals surface area contributed by atoms with E-state index in [4.69, 9.17) is 9.47 Å². The molecule has 0 aliphatic heterocycles. The van der Waals surface area contributed by atoms with E-state index in [0.29, 0.717) is 0 Å². The first-order valence-corrected chi connectivity index (χ1v) is 14.8. The van der Waals surface area contributed by atoms with Crippen LogP contribution in [0.2, 0.25) is 0 Å². The Morgan fingerprint density at radius 1 is 0.386 bits per heavy atom. The molecule has 0 bridgehead atoms. The molecule has 6 aromatic rings. The van der Waals surface area contributed by atoms with Gasteiger partial charge in [-0.05, 0) is 97.8 Å². The van der Waals surface area contributed by atoms with Gasteiger partial charge in [-0.25, -0.2) is 0 Å². The van der Waals surface area contributed by atoms with Gasteiger partial charge in [-0.15, -0.1) is 0 Å². The van der Waals surface area contributed by atoms with Crippen LogP contribution in [0.1, 0.15) is 11.1 Å². The fourth-order valence-electron chi connectivity index (χ4n) is 5.48. The monoisotopic (exact) mass is 576 g/mol. The molecule has 6 rings (SSSR count). The van der Waals surface area contributed by atoms with E-state index < -0.39 is 0 Å². The van der Waals surface area contributed by atoms with Crippen molar-refractivity contribution in [2.45, 2.75) is 13.8 Å². The van der Waals surface area contributed by atoms with Crippen LogP contribution in [0.15, 0.2) is 146 Å². The zero-order chi connectivity index (χ0) is 30.5. The molecule has 0 spiro atoms. The molecule has 218 valence electrons. The minimum Gasteiger partial charge on any atom is -0.495 e. The maximum atomic E-state index is 6.02. The summed E-state index contributed by atoms with van der Waals surface area (Å²) < 4.78 is 12.0. The SMILES string of the molecule is COc1cc(-c2ccc(N(c3ccccc3)c3ccc(C)cc3)c(OC)c2)ccc1N(c1ccccc1)c1ccc(C)cc1. The average molecular weight is 577 g/mol. The van der Waals surface area contributed by atoms with Crippen LogP contribution >= 0.6 is 0 Å². The van der Waals surface area contributed by atoms with Crippen LogP contribution in [0.3, 0.4) is 0 Å². The molecule has 0 unspecified atom stereocenters. The molecule has 6 aromatic carbocycles. The Labute approximate surface area is 260 Å². The Bertz CT molecular complexity index is 1700. The summed E-state index contributed by atoms with van der Waals surface area (Å²) in [5, 5.41) is 0. The molecule has 0 aromatic heterocycles. The quantitative estimate of drug-likeness (QED) is 0.171. The van der Waals surface area contributed by atoms with Crippen LogP contribution in [0, 0.1) is 13.8 Å². The molecule has 0 aliphatic rings. The molecule has 0 radical (unpaired) electrons. The predicted molar refractivity (Wildman–Crippen MR) is 184 cm³/mol. The first-order valence-electron chi connectivity index (χ1n) is 14.8. The fraction of sp³-hybridized carbons (Fsp3) is 0.100. The van der Waals surface area contributed by atoms with Gasteiger partial charge in [0.2, 0.25) is 0 Å². The van der Waals surface area contributed by atoms with E-state index >= 15 is 0 Å². The second-order valence-corrected chi connectivity index (χ2v) is 10.8. The lowest BCUT2D eigenvalue weighted by molar-refractivity contribution is 0.415. The lowest BCUT2D eigenvalue weighted by Gasteiger charge is -2.28. The molecule has 44 heavy (non-hydrogen) atoms. The first-order chi connectivity index (χ1) is 21.6. The largest absolute Gasteiger partial charge is 0.495 e. The second-order valence-electron chi connectivity index (χ2n) is 10.8. The minimum atomic E-state index is 0.778. The Hall–Kier alpha value is -5.48. The number of anilines is 6. The highest BCUT2D eigenvalue weighted by molar-refractivity contribution is 5.85. The summed E-state index contributed by atoms with van der Waals surface area (Å²) in [5.74, 6) is 1.56. The lowest BCUT2D eigenvalue weighted by Crippen LogP contribution is -2.11. The summed E-state index contributed by atoms with van der Waals surface area (Å²) in [6.45, 7) is 4.21. The minimum absolute atomic E-state index is 0.778. The van der Waals surface area contributed by atoms with Gasteiger partial charge in [-0.3, -0.25) is 0 Å². The Morgan fingerprint density at radius 2 is 0.727 bits per heavy atom. The van der Waals surface area contributed by atoms with Crippen LogP contribution in [-0.4, -0.2) is 14.2 Å².